The lowest BCUT2D eigenvalue weighted by atomic mass is 10.1. The van der Waals surface area contributed by atoms with Crippen LogP contribution in [0.5, 0.6) is 0 Å². The summed E-state index contributed by atoms with van der Waals surface area (Å²) in [5.41, 5.74) is 3.26. The lowest BCUT2D eigenvalue weighted by molar-refractivity contribution is -0.142. The van der Waals surface area contributed by atoms with Crippen LogP contribution in [0.15, 0.2) is 23.4 Å². The molecule has 22 heavy (non-hydrogen) atoms. The summed E-state index contributed by atoms with van der Waals surface area (Å²) in [5, 5.41) is 11.9. The van der Waals surface area contributed by atoms with Crippen molar-refractivity contribution in [2.24, 2.45) is 0 Å². The number of aryl methyl sites for hydroxylation is 2. The number of nitrogens with zero attached hydrogens (tertiary/aromatic N) is 4. The summed E-state index contributed by atoms with van der Waals surface area (Å²) in [5.74, 6) is -0.249. The largest absolute Gasteiger partial charge is 0.465 e. The van der Waals surface area contributed by atoms with Crippen LogP contribution in [0, 0.1) is 13.8 Å². The number of ether oxygens (including phenoxy) is 1. The van der Waals surface area contributed by atoms with Crippen LogP contribution in [0.3, 0.4) is 0 Å². The molecule has 0 aliphatic carbocycles. The average Bonchev–Trinajstić information content (AvgIpc) is 2.95. The first-order valence-corrected chi connectivity index (χ1v) is 8.10. The molecule has 0 saturated carbocycles. The van der Waals surface area contributed by atoms with Crippen LogP contribution in [0.2, 0.25) is 0 Å². The van der Waals surface area contributed by atoms with E-state index in [9.17, 15) is 4.79 Å². The average molecular weight is 320 g/mol. The molecule has 6 nitrogen and oxygen atoms in total. The van der Waals surface area contributed by atoms with E-state index >= 15 is 0 Å². The SMILES string of the molecule is CCCOC(=O)C(C)Sc1nnnn1-c1ccc(C)c(C)c1. The van der Waals surface area contributed by atoms with E-state index in [-0.39, 0.29) is 11.2 Å². The third-order valence-electron chi connectivity index (χ3n) is 3.24. The monoisotopic (exact) mass is 320 g/mol. The van der Waals surface area contributed by atoms with Crippen molar-refractivity contribution in [3.8, 4) is 5.69 Å². The summed E-state index contributed by atoms with van der Waals surface area (Å²) in [7, 11) is 0. The van der Waals surface area contributed by atoms with Crippen molar-refractivity contribution >= 4 is 17.7 Å². The number of hydrogen-bond donors (Lipinski definition) is 0. The van der Waals surface area contributed by atoms with E-state index in [1.54, 1.807) is 11.6 Å². The van der Waals surface area contributed by atoms with Gasteiger partial charge in [-0.2, -0.15) is 4.68 Å². The molecule has 0 amide bonds. The van der Waals surface area contributed by atoms with Crippen LogP contribution in [-0.2, 0) is 9.53 Å². The zero-order valence-electron chi connectivity index (χ0n) is 13.2. The normalized spacial score (nSPS) is 12.2. The van der Waals surface area contributed by atoms with Crippen molar-refractivity contribution in [1.82, 2.24) is 20.2 Å². The Morgan fingerprint density at radius 1 is 1.36 bits per heavy atom. The van der Waals surface area contributed by atoms with E-state index in [2.05, 4.69) is 22.4 Å². The minimum absolute atomic E-state index is 0.249. The summed E-state index contributed by atoms with van der Waals surface area (Å²) in [6.07, 6.45) is 0.809. The summed E-state index contributed by atoms with van der Waals surface area (Å²) in [6, 6.07) is 6.01. The van der Waals surface area contributed by atoms with Crippen LogP contribution >= 0.6 is 11.8 Å². The summed E-state index contributed by atoms with van der Waals surface area (Å²) >= 11 is 1.29. The van der Waals surface area contributed by atoms with Gasteiger partial charge in [-0.05, 0) is 60.9 Å². The number of rotatable bonds is 6. The van der Waals surface area contributed by atoms with Gasteiger partial charge in [-0.1, -0.05) is 24.8 Å². The lowest BCUT2D eigenvalue weighted by Crippen LogP contribution is -2.18. The lowest BCUT2D eigenvalue weighted by Gasteiger charge is -2.11. The third kappa shape index (κ3) is 3.85. The second kappa shape index (κ2) is 7.40. The number of tetrazole rings is 1. The molecule has 0 radical (unpaired) electrons. The Morgan fingerprint density at radius 2 is 2.14 bits per heavy atom. The number of benzene rings is 1. The minimum Gasteiger partial charge on any atom is -0.465 e. The van der Waals surface area contributed by atoms with Crippen molar-refractivity contribution in [2.45, 2.75) is 44.5 Å². The topological polar surface area (TPSA) is 69.9 Å². The fraction of sp³-hybridized carbons (Fsp3) is 0.467. The van der Waals surface area contributed by atoms with Gasteiger partial charge in [-0.25, -0.2) is 0 Å². The maximum absolute atomic E-state index is 11.9. The molecule has 0 fully saturated rings. The van der Waals surface area contributed by atoms with Crippen molar-refractivity contribution in [3.63, 3.8) is 0 Å². The summed E-state index contributed by atoms with van der Waals surface area (Å²) in [6.45, 7) is 8.29. The zero-order chi connectivity index (χ0) is 16.1. The van der Waals surface area contributed by atoms with Crippen molar-refractivity contribution < 1.29 is 9.53 Å². The van der Waals surface area contributed by atoms with Gasteiger partial charge in [0.05, 0.1) is 12.3 Å². The zero-order valence-corrected chi connectivity index (χ0v) is 14.1. The highest BCUT2D eigenvalue weighted by Crippen LogP contribution is 2.24. The van der Waals surface area contributed by atoms with Crippen molar-refractivity contribution in [3.05, 3.63) is 29.3 Å². The highest BCUT2D eigenvalue weighted by atomic mass is 32.2. The Morgan fingerprint density at radius 3 is 2.82 bits per heavy atom. The third-order valence-corrected chi connectivity index (χ3v) is 4.25. The van der Waals surface area contributed by atoms with Gasteiger partial charge in [0.15, 0.2) is 0 Å². The fourth-order valence-corrected chi connectivity index (χ4v) is 2.60. The Kier molecular flexibility index (Phi) is 5.54. The Balaban J connectivity index is 2.15. The molecular formula is C15H20N4O2S. The molecule has 2 rings (SSSR count). The van der Waals surface area contributed by atoms with Crippen LogP contribution in [0.1, 0.15) is 31.4 Å². The maximum Gasteiger partial charge on any atom is 0.319 e. The van der Waals surface area contributed by atoms with Crippen LogP contribution in [0.25, 0.3) is 5.69 Å². The van der Waals surface area contributed by atoms with Gasteiger partial charge in [-0.15, -0.1) is 5.10 Å². The highest BCUT2D eigenvalue weighted by Gasteiger charge is 2.20. The van der Waals surface area contributed by atoms with Gasteiger partial charge in [-0.3, -0.25) is 4.79 Å². The van der Waals surface area contributed by atoms with Gasteiger partial charge in [0.25, 0.3) is 0 Å². The maximum atomic E-state index is 11.9. The van der Waals surface area contributed by atoms with Gasteiger partial charge in [0, 0.05) is 0 Å². The first-order valence-electron chi connectivity index (χ1n) is 7.22. The molecule has 1 aromatic heterocycles. The van der Waals surface area contributed by atoms with Crippen LogP contribution < -0.4 is 0 Å². The molecule has 0 N–H and O–H groups in total. The Bertz CT molecular complexity index is 657. The van der Waals surface area contributed by atoms with Crippen molar-refractivity contribution in [1.29, 1.82) is 0 Å². The number of carbonyl (C=O) groups excluding carboxylic acids is 1. The molecule has 0 saturated heterocycles. The highest BCUT2D eigenvalue weighted by molar-refractivity contribution is 8.00. The predicted octanol–water partition coefficient (Wildman–Crippen LogP) is 2.71. The second-order valence-corrected chi connectivity index (χ2v) is 6.38. The number of aromatic nitrogens is 4. The van der Waals surface area contributed by atoms with E-state index < -0.39 is 0 Å². The molecule has 1 atom stereocenters. The standard InChI is InChI=1S/C15H20N4O2S/c1-5-8-21-14(20)12(4)22-15-16-17-18-19(15)13-7-6-10(2)11(3)9-13/h6-7,9,12H,5,8H2,1-4H3. The number of hydrogen-bond acceptors (Lipinski definition) is 6. The van der Waals surface area contributed by atoms with Gasteiger partial charge in [0.2, 0.25) is 5.16 Å². The summed E-state index contributed by atoms with van der Waals surface area (Å²) < 4.78 is 6.78. The summed E-state index contributed by atoms with van der Waals surface area (Å²) in [4.78, 5) is 11.9. The molecule has 0 bridgehead atoms. The molecule has 0 aliphatic heterocycles. The Hall–Kier alpha value is -1.89. The fourth-order valence-electron chi connectivity index (χ4n) is 1.80. The molecule has 0 aliphatic rings. The number of thioether (sulfide) groups is 1. The number of esters is 1. The van der Waals surface area contributed by atoms with E-state index in [1.807, 2.05) is 32.0 Å². The molecule has 7 heteroatoms. The molecule has 0 spiro atoms. The molecular weight excluding hydrogens is 300 g/mol. The first-order chi connectivity index (χ1) is 10.5. The second-order valence-electron chi connectivity index (χ2n) is 5.07. The number of carbonyl (C=O) groups is 1. The smallest absolute Gasteiger partial charge is 0.319 e. The van der Waals surface area contributed by atoms with Gasteiger partial charge in [0.1, 0.15) is 5.25 Å². The van der Waals surface area contributed by atoms with E-state index in [4.69, 9.17) is 4.74 Å². The van der Waals surface area contributed by atoms with E-state index in [0.29, 0.717) is 11.8 Å². The van der Waals surface area contributed by atoms with E-state index in [1.165, 1.54) is 22.9 Å². The van der Waals surface area contributed by atoms with Crippen molar-refractivity contribution in [2.75, 3.05) is 6.61 Å². The van der Waals surface area contributed by atoms with Crippen LogP contribution in [-0.4, -0.2) is 38.0 Å². The molecule has 2 aromatic rings. The minimum atomic E-state index is -0.358. The molecule has 1 unspecified atom stereocenters. The Labute approximate surface area is 134 Å². The predicted molar refractivity (Wildman–Crippen MR) is 85.2 cm³/mol. The van der Waals surface area contributed by atoms with Gasteiger partial charge < -0.3 is 4.74 Å². The van der Waals surface area contributed by atoms with Crippen LogP contribution in [0.4, 0.5) is 0 Å². The molecule has 1 heterocycles. The molecule has 1 aromatic carbocycles. The van der Waals surface area contributed by atoms with Gasteiger partial charge >= 0.3 is 5.97 Å². The molecule has 118 valence electrons. The quantitative estimate of drug-likeness (QED) is 0.602. The first kappa shape index (κ1) is 16.5. The van der Waals surface area contributed by atoms with E-state index in [0.717, 1.165) is 12.1 Å².